The van der Waals surface area contributed by atoms with Crippen LogP contribution in [0.5, 0.6) is 11.5 Å². The van der Waals surface area contributed by atoms with Crippen LogP contribution in [0.1, 0.15) is 10.4 Å². The zero-order valence-electron chi connectivity index (χ0n) is 10.7. The van der Waals surface area contributed by atoms with Gasteiger partial charge in [-0.1, -0.05) is 0 Å². The molecule has 22 heavy (non-hydrogen) atoms. The quantitative estimate of drug-likeness (QED) is 0.473. The van der Waals surface area contributed by atoms with E-state index in [0.29, 0.717) is 0 Å². The summed E-state index contributed by atoms with van der Waals surface area (Å²) in [5.41, 5.74) is -0.527. The Kier molecular flexibility index (Phi) is 5.27. The number of hydrogen-bond donors (Lipinski definition) is 2. The van der Waals surface area contributed by atoms with Gasteiger partial charge in [-0.3, -0.25) is 0 Å². The lowest BCUT2D eigenvalue weighted by molar-refractivity contribution is -0.307. The van der Waals surface area contributed by atoms with E-state index >= 15 is 0 Å². The smallest absolute Gasteiger partial charge is 0.356 e. The Bertz CT molecular complexity index is 606. The molecule has 0 aliphatic heterocycles. The molecule has 10 nitrogen and oxygen atoms in total. The number of carbonyl (C=O) groups excluding carboxylic acids is 2. The molecule has 0 heterocycles. The normalized spacial score (nSPS) is 10.0. The van der Waals surface area contributed by atoms with Gasteiger partial charge in [-0.2, -0.15) is 0 Å². The highest BCUT2D eigenvalue weighted by Gasteiger charge is 2.28. The number of carbonyl (C=O) groups is 4. The van der Waals surface area contributed by atoms with E-state index in [2.05, 4.69) is 9.47 Å². The summed E-state index contributed by atoms with van der Waals surface area (Å²) < 4.78 is 9.32. The summed E-state index contributed by atoms with van der Waals surface area (Å²) in [4.78, 5) is 42.5. The Morgan fingerprint density at radius 2 is 1.55 bits per heavy atom. The second kappa shape index (κ2) is 6.92. The van der Waals surface area contributed by atoms with Crippen molar-refractivity contribution in [3.63, 3.8) is 0 Å². The van der Waals surface area contributed by atoms with E-state index in [9.17, 15) is 29.4 Å². The molecule has 2 N–H and O–H groups in total. The van der Waals surface area contributed by atoms with Crippen LogP contribution in [0.2, 0.25) is 0 Å². The van der Waals surface area contributed by atoms with Crippen LogP contribution in [0.3, 0.4) is 0 Å². The number of rotatable bonds is 8. The third-order valence-electron chi connectivity index (χ3n) is 2.17. The average Bonchev–Trinajstić information content (AvgIpc) is 2.41. The number of aliphatic carboxylic acids is 3. The molecule has 1 aromatic rings. The van der Waals surface area contributed by atoms with E-state index in [-0.39, 0.29) is 5.75 Å². The van der Waals surface area contributed by atoms with E-state index < -0.39 is 47.9 Å². The molecule has 0 radical (unpaired) electrons. The summed E-state index contributed by atoms with van der Waals surface area (Å²) in [5.74, 6) is -7.69. The molecule has 0 atom stereocenters. The molecule has 0 bridgehead atoms. The van der Waals surface area contributed by atoms with Gasteiger partial charge in [0.2, 0.25) is 0 Å². The fourth-order valence-corrected chi connectivity index (χ4v) is 1.33. The number of hydrogen-bond acceptors (Lipinski definition) is 8. The highest BCUT2D eigenvalue weighted by molar-refractivity contribution is 5.96. The number of carboxylic acid groups (broad SMARTS) is 4. The summed E-state index contributed by atoms with van der Waals surface area (Å²) in [6.07, 6.45) is -2.29. The van der Waals surface area contributed by atoms with E-state index in [1.165, 1.54) is 0 Å². The molecular weight excluding hydrogens is 304 g/mol. The summed E-state index contributed by atoms with van der Waals surface area (Å²) in [6, 6.07) is 2.62. The number of ether oxygens (including phenoxy) is 2. The Balaban J connectivity index is 3.11. The minimum absolute atomic E-state index is 0.310. The van der Waals surface area contributed by atoms with E-state index in [0.717, 1.165) is 18.2 Å². The maximum atomic E-state index is 10.8. The third-order valence-corrected chi connectivity index (χ3v) is 2.17. The van der Waals surface area contributed by atoms with E-state index in [4.69, 9.17) is 10.2 Å². The van der Waals surface area contributed by atoms with Crippen molar-refractivity contribution in [1.29, 1.82) is 0 Å². The van der Waals surface area contributed by atoms with Gasteiger partial charge in [-0.25, -0.2) is 9.59 Å². The monoisotopic (exact) mass is 312 g/mol. The van der Waals surface area contributed by atoms with Gasteiger partial charge in [0.25, 0.3) is 6.10 Å². The fourth-order valence-electron chi connectivity index (χ4n) is 1.33. The van der Waals surface area contributed by atoms with Crippen LogP contribution in [0, 0.1) is 0 Å². The van der Waals surface area contributed by atoms with Crippen LogP contribution in [0.4, 0.5) is 0 Å². The van der Waals surface area contributed by atoms with Crippen molar-refractivity contribution in [1.82, 2.24) is 0 Å². The molecule has 0 aromatic heterocycles. The van der Waals surface area contributed by atoms with Gasteiger partial charge in [-0.05, 0) is 12.1 Å². The zero-order chi connectivity index (χ0) is 16.9. The van der Waals surface area contributed by atoms with Gasteiger partial charge in [-0.15, -0.1) is 0 Å². The SMILES string of the molecule is O=C([O-])COc1cc(OC(C(=O)O)C(=O)O)cc(C(=O)[O-])c1. The standard InChI is InChI=1S/C12H10O10/c13-8(14)4-21-6-1-5(10(15)16)2-7(3-6)22-9(11(17)18)12(19)20/h1-3,9H,4H2,(H,13,14)(H,15,16)(H,17,18)(H,19,20)/p-2. The number of carboxylic acids is 4. The van der Waals surface area contributed by atoms with Gasteiger partial charge < -0.3 is 39.5 Å². The van der Waals surface area contributed by atoms with Crippen molar-refractivity contribution >= 4 is 23.9 Å². The predicted octanol–water partition coefficient (Wildman–Crippen LogP) is -2.90. The molecule has 0 amide bonds. The van der Waals surface area contributed by atoms with Crippen molar-refractivity contribution in [2.75, 3.05) is 6.61 Å². The molecule has 0 saturated heterocycles. The van der Waals surface area contributed by atoms with Gasteiger partial charge >= 0.3 is 11.9 Å². The Morgan fingerprint density at radius 3 is 2.00 bits per heavy atom. The first-order chi connectivity index (χ1) is 10.2. The first-order valence-electron chi connectivity index (χ1n) is 5.52. The minimum atomic E-state index is -2.29. The molecular formula is C12H8O10-2. The molecule has 1 rings (SSSR count). The van der Waals surface area contributed by atoms with Crippen molar-refractivity contribution < 1.29 is 49.1 Å². The Hall–Kier alpha value is -3.30. The molecule has 118 valence electrons. The molecule has 0 unspecified atom stereocenters. The maximum Gasteiger partial charge on any atom is 0.356 e. The minimum Gasteiger partial charge on any atom is -0.546 e. The summed E-state index contributed by atoms with van der Waals surface area (Å²) in [7, 11) is 0. The van der Waals surface area contributed by atoms with Crippen molar-refractivity contribution in [3.8, 4) is 11.5 Å². The molecule has 0 aliphatic rings. The Labute approximate surface area is 122 Å². The van der Waals surface area contributed by atoms with Crippen LogP contribution in [0.15, 0.2) is 18.2 Å². The molecule has 0 saturated carbocycles. The van der Waals surface area contributed by atoms with Crippen LogP contribution < -0.4 is 19.7 Å². The van der Waals surface area contributed by atoms with Gasteiger partial charge in [0.1, 0.15) is 18.1 Å². The second-order valence-electron chi connectivity index (χ2n) is 3.82. The summed E-state index contributed by atoms with van der Waals surface area (Å²) >= 11 is 0. The maximum absolute atomic E-state index is 10.8. The van der Waals surface area contributed by atoms with Crippen LogP contribution >= 0.6 is 0 Å². The molecule has 1 aromatic carbocycles. The average molecular weight is 312 g/mol. The Morgan fingerprint density at radius 1 is 1.00 bits per heavy atom. The lowest BCUT2D eigenvalue weighted by atomic mass is 10.2. The lowest BCUT2D eigenvalue weighted by Gasteiger charge is -2.15. The molecule has 0 aliphatic carbocycles. The van der Waals surface area contributed by atoms with Crippen LogP contribution in [-0.4, -0.2) is 46.8 Å². The van der Waals surface area contributed by atoms with Gasteiger partial charge in [0.15, 0.2) is 0 Å². The van der Waals surface area contributed by atoms with Crippen molar-refractivity contribution in [2.45, 2.75) is 6.10 Å². The zero-order valence-corrected chi connectivity index (χ0v) is 10.7. The molecule has 10 heteroatoms. The number of aromatic carboxylic acids is 1. The second-order valence-corrected chi connectivity index (χ2v) is 3.82. The van der Waals surface area contributed by atoms with Gasteiger partial charge in [0, 0.05) is 11.6 Å². The molecule has 0 fully saturated rings. The van der Waals surface area contributed by atoms with Crippen molar-refractivity contribution in [2.24, 2.45) is 0 Å². The topological polar surface area (TPSA) is 173 Å². The van der Waals surface area contributed by atoms with E-state index in [1.54, 1.807) is 0 Å². The highest BCUT2D eigenvalue weighted by Crippen LogP contribution is 2.24. The summed E-state index contributed by atoms with van der Waals surface area (Å²) in [6.45, 7) is -0.906. The molecule has 0 spiro atoms. The van der Waals surface area contributed by atoms with Crippen LogP contribution in [0.25, 0.3) is 0 Å². The lowest BCUT2D eigenvalue weighted by Crippen LogP contribution is -2.35. The van der Waals surface area contributed by atoms with E-state index in [1.807, 2.05) is 0 Å². The summed E-state index contributed by atoms with van der Waals surface area (Å²) in [5, 5.41) is 38.4. The fraction of sp³-hybridized carbons (Fsp3) is 0.167. The third kappa shape index (κ3) is 4.67. The predicted molar refractivity (Wildman–Crippen MR) is 61.0 cm³/mol. The first-order valence-corrected chi connectivity index (χ1v) is 5.52. The highest BCUT2D eigenvalue weighted by atomic mass is 16.5. The van der Waals surface area contributed by atoms with Crippen LogP contribution in [-0.2, 0) is 14.4 Å². The number of benzene rings is 1. The van der Waals surface area contributed by atoms with Crippen molar-refractivity contribution in [3.05, 3.63) is 23.8 Å². The first kappa shape index (κ1) is 16.8. The largest absolute Gasteiger partial charge is 0.546 e. The van der Waals surface area contributed by atoms with Gasteiger partial charge in [0.05, 0.1) is 11.9 Å².